The van der Waals surface area contributed by atoms with Crippen molar-refractivity contribution in [1.82, 2.24) is 4.90 Å². The van der Waals surface area contributed by atoms with Gasteiger partial charge in [-0.15, -0.1) is 11.8 Å². The lowest BCUT2D eigenvalue weighted by Crippen LogP contribution is -2.39. The van der Waals surface area contributed by atoms with E-state index in [4.69, 9.17) is 11.6 Å². The van der Waals surface area contributed by atoms with E-state index in [-0.39, 0.29) is 11.9 Å². The second-order valence-electron chi connectivity index (χ2n) is 5.41. The van der Waals surface area contributed by atoms with E-state index < -0.39 is 4.87 Å². The van der Waals surface area contributed by atoms with E-state index in [2.05, 4.69) is 0 Å². The second kappa shape index (κ2) is 5.28. The topological polar surface area (TPSA) is 40.6 Å². The van der Waals surface area contributed by atoms with Crippen LogP contribution >= 0.6 is 23.4 Å². The fraction of sp³-hybridized carbons (Fsp3) is 0.176. The van der Waals surface area contributed by atoms with Crippen molar-refractivity contribution in [1.29, 1.82) is 0 Å². The number of benzene rings is 2. The molecule has 4 rings (SSSR count). The quantitative estimate of drug-likeness (QED) is 0.780. The highest BCUT2D eigenvalue weighted by Crippen LogP contribution is 2.51. The molecule has 0 radical (unpaired) electrons. The zero-order valence-electron chi connectivity index (χ0n) is 12.1. The molecule has 4 nitrogen and oxygen atoms in total. The summed E-state index contributed by atoms with van der Waals surface area (Å²) in [4.78, 5) is 28.0. The SMILES string of the molecule is O=C1N(c2ccc(Cl)cc2)C(=O)C2(c3ccccc3)SCCN12. The summed E-state index contributed by atoms with van der Waals surface area (Å²) in [6, 6.07) is 16.0. The standard InChI is InChI=1S/C17H13ClN2O2S/c18-13-6-8-14(9-7-13)20-15(21)17(12-4-2-1-3-5-12)19(16(20)22)10-11-23-17/h1-9H,10-11H2. The summed E-state index contributed by atoms with van der Waals surface area (Å²) in [5, 5.41) is 0.570. The Balaban J connectivity index is 1.83. The van der Waals surface area contributed by atoms with Gasteiger partial charge in [0.2, 0.25) is 0 Å². The van der Waals surface area contributed by atoms with Crippen molar-refractivity contribution in [2.24, 2.45) is 0 Å². The zero-order valence-corrected chi connectivity index (χ0v) is 13.7. The van der Waals surface area contributed by atoms with Gasteiger partial charge in [0.25, 0.3) is 5.91 Å². The highest BCUT2D eigenvalue weighted by molar-refractivity contribution is 8.01. The molecule has 1 unspecified atom stereocenters. The molecule has 2 saturated heterocycles. The van der Waals surface area contributed by atoms with E-state index >= 15 is 0 Å². The number of rotatable bonds is 2. The number of anilines is 1. The highest BCUT2D eigenvalue weighted by Gasteiger charge is 2.61. The van der Waals surface area contributed by atoms with Crippen molar-refractivity contribution >= 4 is 41.0 Å². The summed E-state index contributed by atoms with van der Waals surface area (Å²) in [5.74, 6) is 0.541. The molecular weight excluding hydrogens is 332 g/mol. The number of fused-ring (bicyclic) bond motifs is 1. The third-order valence-electron chi connectivity index (χ3n) is 4.17. The molecule has 2 aliphatic rings. The molecule has 2 aliphatic heterocycles. The van der Waals surface area contributed by atoms with Crippen molar-refractivity contribution < 1.29 is 9.59 Å². The van der Waals surface area contributed by atoms with Crippen LogP contribution in [0.15, 0.2) is 54.6 Å². The number of hydrogen-bond acceptors (Lipinski definition) is 3. The Labute approximate surface area is 143 Å². The van der Waals surface area contributed by atoms with Crippen LogP contribution in [-0.4, -0.2) is 29.1 Å². The summed E-state index contributed by atoms with van der Waals surface area (Å²) in [6.45, 7) is 0.564. The molecule has 0 saturated carbocycles. The van der Waals surface area contributed by atoms with Crippen LogP contribution in [0.4, 0.5) is 10.5 Å². The molecule has 2 aromatic rings. The normalized spacial score (nSPS) is 23.5. The number of carbonyl (C=O) groups is 2. The Morgan fingerprint density at radius 1 is 1.00 bits per heavy atom. The Morgan fingerprint density at radius 3 is 2.39 bits per heavy atom. The van der Waals surface area contributed by atoms with Crippen molar-refractivity contribution in [3.05, 3.63) is 65.2 Å². The Morgan fingerprint density at radius 2 is 1.70 bits per heavy atom. The Hall–Kier alpha value is -1.98. The molecule has 2 heterocycles. The van der Waals surface area contributed by atoms with Crippen LogP contribution < -0.4 is 4.90 Å². The summed E-state index contributed by atoms with van der Waals surface area (Å²) >= 11 is 7.42. The lowest BCUT2D eigenvalue weighted by molar-refractivity contribution is -0.121. The van der Waals surface area contributed by atoms with Crippen molar-refractivity contribution in [2.45, 2.75) is 4.87 Å². The number of halogens is 1. The van der Waals surface area contributed by atoms with Crippen LogP contribution in [0.2, 0.25) is 5.02 Å². The van der Waals surface area contributed by atoms with E-state index in [1.165, 1.54) is 16.7 Å². The van der Waals surface area contributed by atoms with Crippen LogP contribution in [0.25, 0.3) is 0 Å². The van der Waals surface area contributed by atoms with Crippen molar-refractivity contribution in [3.8, 4) is 0 Å². The van der Waals surface area contributed by atoms with E-state index in [0.29, 0.717) is 17.3 Å². The monoisotopic (exact) mass is 344 g/mol. The predicted molar refractivity (Wildman–Crippen MR) is 91.6 cm³/mol. The van der Waals surface area contributed by atoms with Gasteiger partial charge in [-0.1, -0.05) is 41.9 Å². The van der Waals surface area contributed by atoms with Gasteiger partial charge in [-0.3, -0.25) is 9.69 Å². The molecule has 0 aromatic heterocycles. The van der Waals surface area contributed by atoms with E-state index in [1.807, 2.05) is 30.3 Å². The molecule has 116 valence electrons. The maximum atomic E-state index is 13.2. The molecule has 6 heteroatoms. The van der Waals surface area contributed by atoms with Crippen molar-refractivity contribution in [3.63, 3.8) is 0 Å². The molecule has 2 aromatic carbocycles. The van der Waals surface area contributed by atoms with E-state index in [1.54, 1.807) is 29.2 Å². The zero-order chi connectivity index (χ0) is 16.0. The van der Waals surface area contributed by atoms with Gasteiger partial charge in [-0.2, -0.15) is 0 Å². The minimum absolute atomic E-state index is 0.210. The molecule has 0 aliphatic carbocycles. The number of imide groups is 1. The van der Waals surface area contributed by atoms with Crippen LogP contribution in [-0.2, 0) is 9.67 Å². The molecular formula is C17H13ClN2O2S. The number of amides is 3. The van der Waals surface area contributed by atoms with Crippen LogP contribution in [0.1, 0.15) is 5.56 Å². The van der Waals surface area contributed by atoms with E-state index in [0.717, 1.165) is 11.3 Å². The summed E-state index contributed by atoms with van der Waals surface area (Å²) in [7, 11) is 0. The molecule has 3 amide bonds. The largest absolute Gasteiger partial charge is 0.333 e. The van der Waals surface area contributed by atoms with Crippen LogP contribution in [0.3, 0.4) is 0 Å². The Bertz CT molecular complexity index is 781. The lowest BCUT2D eigenvalue weighted by Gasteiger charge is -2.27. The van der Waals surface area contributed by atoms with Gasteiger partial charge in [0.1, 0.15) is 0 Å². The van der Waals surface area contributed by atoms with Gasteiger partial charge in [-0.05, 0) is 29.8 Å². The lowest BCUT2D eigenvalue weighted by atomic mass is 10.1. The average molecular weight is 345 g/mol. The first-order valence-electron chi connectivity index (χ1n) is 7.26. The second-order valence-corrected chi connectivity index (χ2v) is 7.13. The third kappa shape index (κ3) is 2.00. The van der Waals surface area contributed by atoms with Crippen molar-refractivity contribution in [2.75, 3.05) is 17.2 Å². The average Bonchev–Trinajstić information content (AvgIpc) is 3.10. The number of nitrogens with zero attached hydrogens (tertiary/aromatic N) is 2. The summed E-state index contributed by atoms with van der Waals surface area (Å²) < 4.78 is 0. The highest BCUT2D eigenvalue weighted by atomic mass is 35.5. The van der Waals surface area contributed by atoms with Gasteiger partial charge in [0, 0.05) is 17.3 Å². The van der Waals surface area contributed by atoms with Gasteiger partial charge in [0.05, 0.1) is 5.69 Å². The van der Waals surface area contributed by atoms with Gasteiger partial charge in [-0.25, -0.2) is 9.69 Å². The first-order chi connectivity index (χ1) is 11.1. The molecule has 2 fully saturated rings. The summed E-state index contributed by atoms with van der Waals surface area (Å²) in [6.07, 6.45) is 0. The van der Waals surface area contributed by atoms with Crippen LogP contribution in [0, 0.1) is 0 Å². The van der Waals surface area contributed by atoms with Gasteiger partial charge >= 0.3 is 6.03 Å². The number of thioether (sulfide) groups is 1. The fourth-order valence-electron chi connectivity index (χ4n) is 3.13. The molecule has 1 atom stereocenters. The third-order valence-corrected chi connectivity index (χ3v) is 5.86. The number of hydrogen-bond donors (Lipinski definition) is 0. The summed E-state index contributed by atoms with van der Waals surface area (Å²) in [5.41, 5.74) is 1.40. The molecule has 0 bridgehead atoms. The smallest absolute Gasteiger partial charge is 0.296 e. The van der Waals surface area contributed by atoms with Gasteiger partial charge in [0.15, 0.2) is 4.87 Å². The fourth-order valence-corrected chi connectivity index (χ4v) is 4.67. The first kappa shape index (κ1) is 14.6. The first-order valence-corrected chi connectivity index (χ1v) is 8.62. The molecule has 0 spiro atoms. The number of urea groups is 1. The minimum atomic E-state index is -0.946. The maximum Gasteiger partial charge on any atom is 0.333 e. The Kier molecular flexibility index (Phi) is 3.36. The van der Waals surface area contributed by atoms with Gasteiger partial charge < -0.3 is 0 Å². The van der Waals surface area contributed by atoms with Crippen LogP contribution in [0.5, 0.6) is 0 Å². The van der Waals surface area contributed by atoms with E-state index in [9.17, 15) is 9.59 Å². The minimum Gasteiger partial charge on any atom is -0.296 e. The maximum absolute atomic E-state index is 13.2. The molecule has 23 heavy (non-hydrogen) atoms. The predicted octanol–water partition coefficient (Wildman–Crippen LogP) is 3.71. The molecule has 0 N–H and O–H groups in total. The number of carbonyl (C=O) groups excluding carboxylic acids is 2.